The molecule has 0 unspecified atom stereocenters. The number of carbonyl (C=O) groups is 1. The fourth-order valence-corrected chi connectivity index (χ4v) is 2.42. The number of nitrogens with zero attached hydrogens (tertiary/aromatic N) is 1. The van der Waals surface area contributed by atoms with E-state index in [4.69, 9.17) is 10.5 Å². The first-order chi connectivity index (χ1) is 12.6. The van der Waals surface area contributed by atoms with Crippen LogP contribution in [0.4, 0.5) is 22.1 Å². The van der Waals surface area contributed by atoms with Crippen molar-refractivity contribution in [3.63, 3.8) is 0 Å². The molecule has 0 spiro atoms. The van der Waals surface area contributed by atoms with Crippen LogP contribution in [0.3, 0.4) is 0 Å². The number of benzene rings is 1. The van der Waals surface area contributed by atoms with E-state index in [1.807, 2.05) is 0 Å². The molecule has 1 amide bonds. The van der Waals surface area contributed by atoms with Gasteiger partial charge in [0, 0.05) is 6.54 Å². The predicted octanol–water partition coefficient (Wildman–Crippen LogP) is 4.71. The molecule has 6 heteroatoms. The summed E-state index contributed by atoms with van der Waals surface area (Å²) in [5, 5.41) is 5.85. The zero-order valence-electron chi connectivity index (χ0n) is 15.5. The maximum atomic E-state index is 11.8. The van der Waals surface area contributed by atoms with Crippen LogP contribution in [0.15, 0.2) is 36.4 Å². The number of aromatic nitrogens is 1. The molecule has 0 atom stereocenters. The Morgan fingerprint density at radius 3 is 2.58 bits per heavy atom. The van der Waals surface area contributed by atoms with E-state index in [2.05, 4.69) is 53.7 Å². The Bertz CT molecular complexity index is 701. The maximum absolute atomic E-state index is 11.8. The first-order valence-corrected chi connectivity index (χ1v) is 9.08. The van der Waals surface area contributed by atoms with Crippen molar-refractivity contribution in [2.45, 2.75) is 46.1 Å². The average molecular weight is 356 g/mol. The number of ether oxygens (including phenoxy) is 1. The summed E-state index contributed by atoms with van der Waals surface area (Å²) in [6.07, 6.45) is 3.74. The minimum Gasteiger partial charge on any atom is -0.449 e. The van der Waals surface area contributed by atoms with Crippen molar-refractivity contribution >= 4 is 23.4 Å². The number of nitrogen functional groups attached to an aromatic ring is 1. The number of pyridine rings is 1. The van der Waals surface area contributed by atoms with Crippen LogP contribution in [0.25, 0.3) is 0 Å². The number of hydrogen-bond acceptors (Lipinski definition) is 5. The van der Waals surface area contributed by atoms with Crippen molar-refractivity contribution < 1.29 is 9.53 Å². The van der Waals surface area contributed by atoms with E-state index in [0.29, 0.717) is 24.7 Å². The number of carbonyl (C=O) groups excluding carboxylic acids is 1. The Labute approximate surface area is 155 Å². The van der Waals surface area contributed by atoms with Crippen LogP contribution < -0.4 is 16.4 Å². The van der Waals surface area contributed by atoms with E-state index in [9.17, 15) is 4.79 Å². The quantitative estimate of drug-likeness (QED) is 0.566. The van der Waals surface area contributed by atoms with Gasteiger partial charge in [-0.15, -0.1) is 0 Å². The number of nitrogens with one attached hydrogen (secondary N) is 2. The lowest BCUT2D eigenvalue weighted by molar-refractivity contribution is 0.159. The van der Waals surface area contributed by atoms with Crippen molar-refractivity contribution in [2.75, 3.05) is 23.0 Å². The van der Waals surface area contributed by atoms with E-state index in [0.717, 1.165) is 31.2 Å². The van der Waals surface area contributed by atoms with Gasteiger partial charge in [0.15, 0.2) is 0 Å². The second kappa shape index (κ2) is 10.3. The lowest BCUT2D eigenvalue weighted by Crippen LogP contribution is -2.16. The Balaban J connectivity index is 1.80. The summed E-state index contributed by atoms with van der Waals surface area (Å²) in [6.45, 7) is 5.26. The number of aryl methyl sites for hydroxylation is 1. The molecule has 0 aliphatic rings. The molecule has 0 fully saturated rings. The maximum Gasteiger partial charge on any atom is 0.411 e. The topological polar surface area (TPSA) is 89.3 Å². The normalized spacial score (nSPS) is 10.4. The van der Waals surface area contributed by atoms with Gasteiger partial charge >= 0.3 is 6.09 Å². The van der Waals surface area contributed by atoms with Crippen molar-refractivity contribution in [3.05, 3.63) is 47.5 Å². The predicted molar refractivity (Wildman–Crippen MR) is 106 cm³/mol. The van der Waals surface area contributed by atoms with E-state index < -0.39 is 6.09 Å². The molecular formula is C20H28N4O2. The molecule has 0 saturated heterocycles. The molecule has 4 N–H and O–H groups in total. The van der Waals surface area contributed by atoms with Crippen LogP contribution in [0.2, 0.25) is 0 Å². The first kappa shape index (κ1) is 19.6. The van der Waals surface area contributed by atoms with Crippen LogP contribution in [-0.4, -0.2) is 17.7 Å². The van der Waals surface area contributed by atoms with Crippen LogP contribution in [0.1, 0.15) is 43.7 Å². The molecule has 1 heterocycles. The summed E-state index contributed by atoms with van der Waals surface area (Å²) >= 11 is 0. The number of unbranched alkanes of at least 4 members (excludes halogenated alkanes) is 3. The highest BCUT2D eigenvalue weighted by Gasteiger charge is 2.08. The van der Waals surface area contributed by atoms with E-state index in [1.165, 1.54) is 5.56 Å². The number of amides is 1. The molecule has 2 rings (SSSR count). The summed E-state index contributed by atoms with van der Waals surface area (Å²) in [7, 11) is 0. The van der Waals surface area contributed by atoms with Gasteiger partial charge in [0.1, 0.15) is 11.6 Å². The van der Waals surface area contributed by atoms with Gasteiger partial charge < -0.3 is 15.8 Å². The second-order valence-corrected chi connectivity index (χ2v) is 6.29. The summed E-state index contributed by atoms with van der Waals surface area (Å²) in [6, 6.07) is 11.8. The molecule has 0 aliphatic carbocycles. The average Bonchev–Trinajstić information content (AvgIpc) is 2.63. The molecule has 0 bridgehead atoms. The molecule has 0 radical (unpaired) electrons. The van der Waals surface area contributed by atoms with Gasteiger partial charge in [-0.25, -0.2) is 9.78 Å². The standard InChI is InChI=1S/C20H28N4O2/c1-3-4-5-6-13-26-20(25)23-17-11-12-18(24-19(17)21)22-14-16-9-7-15(2)8-10-16/h7-12H,3-6,13-14H2,1-2H3,(H,23,25)(H3,21,22,24). The van der Waals surface area contributed by atoms with E-state index in [-0.39, 0.29) is 5.82 Å². The lowest BCUT2D eigenvalue weighted by atomic mass is 10.1. The minimum absolute atomic E-state index is 0.252. The Morgan fingerprint density at radius 1 is 1.12 bits per heavy atom. The fourth-order valence-electron chi connectivity index (χ4n) is 2.42. The minimum atomic E-state index is -0.504. The number of anilines is 3. The van der Waals surface area contributed by atoms with Crippen molar-refractivity contribution in [3.8, 4) is 0 Å². The zero-order chi connectivity index (χ0) is 18.8. The molecule has 2 aromatic rings. The molecule has 0 aliphatic heterocycles. The summed E-state index contributed by atoms with van der Waals surface area (Å²) < 4.78 is 5.14. The van der Waals surface area contributed by atoms with Gasteiger partial charge in [-0.05, 0) is 31.0 Å². The number of hydrogen-bond donors (Lipinski definition) is 3. The summed E-state index contributed by atoms with van der Waals surface area (Å²) in [4.78, 5) is 16.1. The third kappa shape index (κ3) is 6.63. The summed E-state index contributed by atoms with van der Waals surface area (Å²) in [5.41, 5.74) is 8.76. The van der Waals surface area contributed by atoms with Gasteiger partial charge in [-0.2, -0.15) is 0 Å². The molecule has 6 nitrogen and oxygen atoms in total. The molecule has 1 aromatic carbocycles. The van der Waals surface area contributed by atoms with Crippen molar-refractivity contribution in [1.29, 1.82) is 0 Å². The van der Waals surface area contributed by atoms with Crippen molar-refractivity contribution in [1.82, 2.24) is 4.98 Å². The smallest absolute Gasteiger partial charge is 0.411 e. The second-order valence-electron chi connectivity index (χ2n) is 6.29. The lowest BCUT2D eigenvalue weighted by Gasteiger charge is -2.11. The number of rotatable bonds is 9. The largest absolute Gasteiger partial charge is 0.449 e. The monoisotopic (exact) mass is 356 g/mol. The molecule has 1 aromatic heterocycles. The van der Waals surface area contributed by atoms with Gasteiger partial charge in [-0.3, -0.25) is 5.32 Å². The molecule has 26 heavy (non-hydrogen) atoms. The van der Waals surface area contributed by atoms with Gasteiger partial charge in [0.2, 0.25) is 0 Å². The highest BCUT2D eigenvalue weighted by atomic mass is 16.5. The van der Waals surface area contributed by atoms with Crippen LogP contribution in [0.5, 0.6) is 0 Å². The van der Waals surface area contributed by atoms with E-state index >= 15 is 0 Å². The molecular weight excluding hydrogens is 328 g/mol. The molecule has 0 saturated carbocycles. The zero-order valence-corrected chi connectivity index (χ0v) is 15.5. The fraction of sp³-hybridized carbons (Fsp3) is 0.400. The highest BCUT2D eigenvalue weighted by Crippen LogP contribution is 2.19. The van der Waals surface area contributed by atoms with Crippen molar-refractivity contribution in [2.24, 2.45) is 0 Å². The van der Waals surface area contributed by atoms with Gasteiger partial charge in [0.05, 0.1) is 12.3 Å². The number of nitrogens with two attached hydrogens (primary N) is 1. The van der Waals surface area contributed by atoms with Crippen LogP contribution in [-0.2, 0) is 11.3 Å². The van der Waals surface area contributed by atoms with Crippen LogP contribution >= 0.6 is 0 Å². The summed E-state index contributed by atoms with van der Waals surface area (Å²) in [5.74, 6) is 0.906. The molecule has 140 valence electrons. The third-order valence-electron chi connectivity index (χ3n) is 3.99. The van der Waals surface area contributed by atoms with Gasteiger partial charge in [-0.1, -0.05) is 56.0 Å². The Kier molecular flexibility index (Phi) is 7.74. The van der Waals surface area contributed by atoms with Crippen LogP contribution in [0, 0.1) is 6.92 Å². The highest BCUT2D eigenvalue weighted by molar-refractivity contribution is 5.88. The van der Waals surface area contributed by atoms with Gasteiger partial charge in [0.25, 0.3) is 0 Å². The third-order valence-corrected chi connectivity index (χ3v) is 3.99. The Hall–Kier alpha value is -2.76. The Morgan fingerprint density at radius 2 is 1.88 bits per heavy atom. The first-order valence-electron chi connectivity index (χ1n) is 9.08. The van der Waals surface area contributed by atoms with E-state index in [1.54, 1.807) is 12.1 Å². The SMILES string of the molecule is CCCCCCOC(=O)Nc1ccc(NCc2ccc(C)cc2)nc1N.